The number of aromatic nitrogens is 2. The molecule has 4 rings (SSSR count). The van der Waals surface area contributed by atoms with E-state index < -0.39 is 89.7 Å². The number of Topliss-reactive ketones (excluding diaryl/α,β-unsaturated/α-hetero) is 6. The van der Waals surface area contributed by atoms with E-state index in [9.17, 15) is 47.9 Å². The Morgan fingerprint density at radius 3 is 1.62 bits per heavy atom. The monoisotopic (exact) mass is 843 g/mol. The van der Waals surface area contributed by atoms with Crippen molar-refractivity contribution in [3.05, 3.63) is 32.2 Å². The topological polar surface area (TPSA) is 323 Å². The summed E-state index contributed by atoms with van der Waals surface area (Å²) >= 11 is 2.01. The SMILES string of the molecule is C[C@H](N)CCC(=O)CC(=O)NC1(C(=O)CC(=O)NCC(=O)c2csc([C@@H](N)C(=O)c3csc(CNC(=O)CC(=O)C4(NC(=O)CC(=O)CC[C@H](C)N)CC4)n3)n2)CC1. The van der Waals surface area contributed by atoms with Crippen LogP contribution in [-0.4, -0.2) is 98.0 Å². The first-order chi connectivity index (χ1) is 27.3. The molecule has 0 bridgehead atoms. The van der Waals surface area contributed by atoms with Crippen molar-refractivity contribution >= 4 is 81.0 Å². The highest BCUT2D eigenvalue weighted by atomic mass is 32.1. The summed E-state index contributed by atoms with van der Waals surface area (Å²) < 4.78 is 0. The Bertz CT molecular complexity index is 1950. The lowest BCUT2D eigenvalue weighted by Gasteiger charge is -2.16. The summed E-state index contributed by atoms with van der Waals surface area (Å²) in [6.45, 7) is 2.92. The van der Waals surface area contributed by atoms with E-state index in [1.807, 2.05) is 0 Å². The third-order valence-corrected chi connectivity index (χ3v) is 11.3. The van der Waals surface area contributed by atoms with Gasteiger partial charge >= 0.3 is 0 Å². The number of nitrogens with one attached hydrogen (secondary N) is 4. The molecule has 2 fully saturated rings. The third-order valence-electron chi connectivity index (χ3n) is 9.48. The molecule has 2 aromatic heterocycles. The van der Waals surface area contributed by atoms with E-state index in [0.29, 0.717) is 43.5 Å². The number of amides is 4. The molecule has 10 N–H and O–H groups in total. The maximum Gasteiger partial charge on any atom is 0.228 e. The third kappa shape index (κ3) is 13.6. The molecule has 0 spiro atoms. The van der Waals surface area contributed by atoms with Gasteiger partial charge in [0.2, 0.25) is 35.2 Å². The lowest BCUT2D eigenvalue weighted by molar-refractivity contribution is -0.135. The summed E-state index contributed by atoms with van der Waals surface area (Å²) in [6.07, 6.45) is 0.683. The van der Waals surface area contributed by atoms with E-state index in [0.717, 1.165) is 22.7 Å². The van der Waals surface area contributed by atoms with Crippen LogP contribution in [0.15, 0.2) is 10.8 Å². The fourth-order valence-corrected chi connectivity index (χ4v) is 7.21. The Hall–Kier alpha value is -4.96. The zero-order valence-corrected chi connectivity index (χ0v) is 33.9. The highest BCUT2D eigenvalue weighted by Gasteiger charge is 2.52. The number of rotatable bonds is 26. The number of carbonyl (C=O) groups excluding carboxylic acids is 10. The van der Waals surface area contributed by atoms with Crippen LogP contribution in [0.1, 0.15) is 128 Å². The largest absolute Gasteiger partial charge is 0.349 e. The fourth-order valence-electron chi connectivity index (χ4n) is 5.67. The molecule has 3 atom stereocenters. The minimum absolute atomic E-state index is 0.00889. The van der Waals surface area contributed by atoms with Crippen LogP contribution in [0, 0.1) is 0 Å². The molecule has 4 amide bonds. The molecule has 2 aliphatic rings. The Balaban J connectivity index is 1.17. The Labute approximate surface area is 341 Å². The maximum absolute atomic E-state index is 13.1. The van der Waals surface area contributed by atoms with E-state index in [2.05, 4.69) is 31.2 Å². The van der Waals surface area contributed by atoms with Crippen molar-refractivity contribution in [3.63, 3.8) is 0 Å². The highest BCUT2D eigenvalue weighted by Crippen LogP contribution is 2.38. The number of carbonyl (C=O) groups is 10. The number of ketones is 6. The lowest BCUT2D eigenvalue weighted by atomic mass is 10.1. The van der Waals surface area contributed by atoms with Gasteiger partial charge in [0.1, 0.15) is 39.0 Å². The van der Waals surface area contributed by atoms with Crippen LogP contribution in [-0.2, 0) is 44.9 Å². The predicted octanol–water partition coefficient (Wildman–Crippen LogP) is -0.213. The van der Waals surface area contributed by atoms with E-state index in [1.54, 1.807) is 13.8 Å². The van der Waals surface area contributed by atoms with Gasteiger partial charge in [0, 0.05) is 35.7 Å². The van der Waals surface area contributed by atoms with Crippen molar-refractivity contribution in [1.82, 2.24) is 31.2 Å². The summed E-state index contributed by atoms with van der Waals surface area (Å²) in [4.78, 5) is 134. The normalized spacial score (nSPS) is 16.2. The first-order valence-corrected chi connectivity index (χ1v) is 20.6. The molecule has 2 heterocycles. The summed E-state index contributed by atoms with van der Waals surface area (Å²) in [5.74, 6) is -5.38. The first kappa shape index (κ1) is 45.7. The summed E-state index contributed by atoms with van der Waals surface area (Å²) in [5.41, 5.74) is 15.0. The average Bonchev–Trinajstić information content (AvgIpc) is 3.99. The quantitative estimate of drug-likeness (QED) is 0.0476. The van der Waals surface area contributed by atoms with Crippen LogP contribution < -0.4 is 38.5 Å². The molecular formula is C37H49N9O10S2. The molecular weight excluding hydrogens is 795 g/mol. The van der Waals surface area contributed by atoms with Crippen molar-refractivity contribution in [2.45, 2.75) is 127 Å². The molecule has 314 valence electrons. The van der Waals surface area contributed by atoms with Crippen LogP contribution >= 0.6 is 22.7 Å². The van der Waals surface area contributed by atoms with Gasteiger partial charge in [-0.3, -0.25) is 47.9 Å². The van der Waals surface area contributed by atoms with Gasteiger partial charge in [0.25, 0.3) is 0 Å². The van der Waals surface area contributed by atoms with Crippen molar-refractivity contribution in [2.24, 2.45) is 17.2 Å². The second kappa shape index (κ2) is 20.1. The maximum atomic E-state index is 13.1. The molecule has 0 aromatic carbocycles. The summed E-state index contributed by atoms with van der Waals surface area (Å²) in [6, 6.07) is -1.64. The van der Waals surface area contributed by atoms with Gasteiger partial charge in [0.15, 0.2) is 11.6 Å². The number of hydrogen-bond acceptors (Lipinski definition) is 17. The molecule has 58 heavy (non-hydrogen) atoms. The minimum Gasteiger partial charge on any atom is -0.349 e. The Morgan fingerprint density at radius 1 is 0.655 bits per heavy atom. The molecule has 2 aliphatic carbocycles. The van der Waals surface area contributed by atoms with E-state index >= 15 is 0 Å². The number of nitrogens with zero attached hydrogens (tertiary/aromatic N) is 2. The van der Waals surface area contributed by atoms with Gasteiger partial charge in [-0.15, -0.1) is 22.7 Å². The molecule has 0 unspecified atom stereocenters. The van der Waals surface area contributed by atoms with Crippen molar-refractivity contribution in [1.29, 1.82) is 0 Å². The van der Waals surface area contributed by atoms with Crippen LogP contribution in [0.5, 0.6) is 0 Å². The second-order valence-corrected chi connectivity index (χ2v) is 16.8. The van der Waals surface area contributed by atoms with E-state index in [-0.39, 0.29) is 65.9 Å². The molecule has 0 saturated heterocycles. The smallest absolute Gasteiger partial charge is 0.228 e. The lowest BCUT2D eigenvalue weighted by Crippen LogP contribution is -2.45. The summed E-state index contributed by atoms with van der Waals surface area (Å²) in [7, 11) is 0. The molecule has 21 heteroatoms. The zero-order valence-electron chi connectivity index (χ0n) is 32.3. The standard InChI is InChI=1S/C37H49N9O10S2/c1-19(38)3-5-21(47)11-30(54)45-36(7-8-36)26(50)13-28(52)41-15-25(49)23-17-58-35(44-23)33(40)34(56)24-18-57-32(43-24)16-42-29(53)14-27(51)37(9-10-37)46-31(55)12-22(48)6-4-20(2)39/h17-20,33H,3-16,38-40H2,1-2H3,(H,41,52)(H,42,53)(H,45,54)(H,46,55)/t19-,20-,33-/m0/s1. The summed E-state index contributed by atoms with van der Waals surface area (Å²) in [5, 5.41) is 13.4. The van der Waals surface area contributed by atoms with Crippen molar-refractivity contribution in [2.75, 3.05) is 6.54 Å². The minimum atomic E-state index is -1.28. The zero-order chi connectivity index (χ0) is 42.8. The number of nitrogens with two attached hydrogens (primary N) is 3. The van der Waals surface area contributed by atoms with Crippen molar-refractivity contribution in [3.8, 4) is 0 Å². The fraction of sp³-hybridized carbons (Fsp3) is 0.568. The predicted molar refractivity (Wildman–Crippen MR) is 209 cm³/mol. The van der Waals surface area contributed by atoms with Crippen LogP contribution in [0.2, 0.25) is 0 Å². The van der Waals surface area contributed by atoms with E-state index in [4.69, 9.17) is 17.2 Å². The molecule has 2 aromatic rings. The van der Waals surface area contributed by atoms with Gasteiger partial charge < -0.3 is 38.5 Å². The Morgan fingerprint density at radius 2 is 1.14 bits per heavy atom. The number of hydrogen-bond donors (Lipinski definition) is 7. The van der Waals surface area contributed by atoms with Gasteiger partial charge in [0.05, 0.1) is 49.9 Å². The average molecular weight is 844 g/mol. The molecule has 2 saturated carbocycles. The molecule has 0 radical (unpaired) electrons. The van der Waals surface area contributed by atoms with Crippen LogP contribution in [0.25, 0.3) is 0 Å². The van der Waals surface area contributed by atoms with E-state index in [1.165, 1.54) is 10.8 Å². The van der Waals surface area contributed by atoms with Crippen molar-refractivity contribution < 1.29 is 47.9 Å². The van der Waals surface area contributed by atoms with Crippen LogP contribution in [0.3, 0.4) is 0 Å². The highest BCUT2D eigenvalue weighted by molar-refractivity contribution is 7.10. The van der Waals surface area contributed by atoms with Crippen LogP contribution in [0.4, 0.5) is 0 Å². The van der Waals surface area contributed by atoms with Gasteiger partial charge in [-0.1, -0.05) is 0 Å². The van der Waals surface area contributed by atoms with Gasteiger partial charge in [-0.05, 0) is 52.4 Å². The molecule has 19 nitrogen and oxygen atoms in total. The Kier molecular flexibility index (Phi) is 15.9. The first-order valence-electron chi connectivity index (χ1n) is 18.8. The second-order valence-electron chi connectivity index (χ2n) is 14.9. The number of thiazole rings is 2. The van der Waals surface area contributed by atoms with Gasteiger partial charge in [-0.25, -0.2) is 9.97 Å². The molecule has 0 aliphatic heterocycles. The van der Waals surface area contributed by atoms with Gasteiger partial charge in [-0.2, -0.15) is 0 Å².